The lowest BCUT2D eigenvalue weighted by atomic mass is 10.1. The molecular formula is C22H20FNO4. The molecule has 144 valence electrons. The van der Waals surface area contributed by atoms with Crippen LogP contribution in [0.25, 0.3) is 11.3 Å². The summed E-state index contributed by atoms with van der Waals surface area (Å²) < 4.78 is 23.6. The summed E-state index contributed by atoms with van der Waals surface area (Å²) in [6, 6.07) is 16.5. The average molecular weight is 381 g/mol. The largest absolute Gasteiger partial charge is 0.449 e. The van der Waals surface area contributed by atoms with E-state index in [2.05, 4.69) is 5.32 Å². The number of benzene rings is 2. The molecule has 3 aromatic rings. The number of hydrogen-bond donors (Lipinski definition) is 1. The molecule has 3 rings (SSSR count). The second-order valence-corrected chi connectivity index (χ2v) is 6.42. The Bertz CT molecular complexity index is 961. The highest BCUT2D eigenvalue weighted by atomic mass is 19.1. The smallest absolute Gasteiger partial charge is 0.375 e. The van der Waals surface area contributed by atoms with Gasteiger partial charge in [0.25, 0.3) is 5.91 Å². The molecule has 0 aliphatic rings. The van der Waals surface area contributed by atoms with Crippen molar-refractivity contribution in [1.82, 2.24) is 5.32 Å². The number of amides is 1. The number of carbonyl (C=O) groups is 2. The van der Waals surface area contributed by atoms with Gasteiger partial charge in [-0.05, 0) is 55.8 Å². The van der Waals surface area contributed by atoms with E-state index in [0.717, 1.165) is 11.1 Å². The van der Waals surface area contributed by atoms with E-state index in [1.54, 1.807) is 18.2 Å². The first-order chi connectivity index (χ1) is 13.4. The number of furan rings is 1. The molecule has 0 radical (unpaired) electrons. The number of rotatable bonds is 6. The molecule has 0 unspecified atom stereocenters. The summed E-state index contributed by atoms with van der Waals surface area (Å²) in [5.74, 6) is -1.13. The Morgan fingerprint density at radius 1 is 1.04 bits per heavy atom. The van der Waals surface area contributed by atoms with Crippen molar-refractivity contribution < 1.29 is 23.1 Å². The highest BCUT2D eigenvalue weighted by molar-refractivity contribution is 5.90. The number of halogens is 1. The van der Waals surface area contributed by atoms with Crippen LogP contribution in [0.1, 0.15) is 28.6 Å². The zero-order chi connectivity index (χ0) is 20.1. The zero-order valence-corrected chi connectivity index (χ0v) is 15.6. The van der Waals surface area contributed by atoms with Crippen molar-refractivity contribution in [2.45, 2.75) is 26.5 Å². The molecule has 2 aromatic carbocycles. The lowest BCUT2D eigenvalue weighted by Gasteiger charge is -2.13. The molecule has 0 saturated heterocycles. The molecule has 1 heterocycles. The topological polar surface area (TPSA) is 68.5 Å². The summed E-state index contributed by atoms with van der Waals surface area (Å²) in [6.07, 6.45) is -0.975. The Morgan fingerprint density at radius 2 is 1.71 bits per heavy atom. The molecule has 0 aliphatic carbocycles. The molecule has 0 fully saturated rings. The Kier molecular flexibility index (Phi) is 5.89. The van der Waals surface area contributed by atoms with Crippen LogP contribution >= 0.6 is 0 Å². The molecule has 0 aliphatic heterocycles. The number of ether oxygens (including phenoxy) is 1. The molecule has 6 heteroatoms. The van der Waals surface area contributed by atoms with Gasteiger partial charge >= 0.3 is 5.97 Å². The molecule has 0 spiro atoms. The molecule has 28 heavy (non-hydrogen) atoms. The van der Waals surface area contributed by atoms with Crippen LogP contribution in [0, 0.1) is 12.7 Å². The fourth-order valence-corrected chi connectivity index (χ4v) is 2.53. The van der Waals surface area contributed by atoms with Gasteiger partial charge in [0.2, 0.25) is 5.76 Å². The minimum absolute atomic E-state index is 0.0301. The van der Waals surface area contributed by atoms with Gasteiger partial charge in [-0.25, -0.2) is 9.18 Å². The van der Waals surface area contributed by atoms with Crippen LogP contribution in [0.3, 0.4) is 0 Å². The lowest BCUT2D eigenvalue weighted by molar-refractivity contribution is -0.129. The fraction of sp³-hybridized carbons (Fsp3) is 0.182. The van der Waals surface area contributed by atoms with E-state index in [9.17, 15) is 14.0 Å². The molecule has 5 nitrogen and oxygen atoms in total. The van der Waals surface area contributed by atoms with Crippen LogP contribution in [0.4, 0.5) is 4.39 Å². The zero-order valence-electron chi connectivity index (χ0n) is 15.6. The van der Waals surface area contributed by atoms with E-state index in [-0.39, 0.29) is 11.6 Å². The Balaban J connectivity index is 1.55. The van der Waals surface area contributed by atoms with Gasteiger partial charge in [0.1, 0.15) is 11.6 Å². The predicted molar refractivity (Wildman–Crippen MR) is 102 cm³/mol. The highest BCUT2D eigenvalue weighted by Gasteiger charge is 2.21. The first-order valence-electron chi connectivity index (χ1n) is 8.82. The molecule has 1 N–H and O–H groups in total. The second kappa shape index (κ2) is 8.52. The monoisotopic (exact) mass is 381 g/mol. The van der Waals surface area contributed by atoms with E-state index in [1.807, 2.05) is 31.2 Å². The first kappa shape index (κ1) is 19.4. The van der Waals surface area contributed by atoms with Crippen molar-refractivity contribution in [2.24, 2.45) is 0 Å². The van der Waals surface area contributed by atoms with Crippen molar-refractivity contribution in [2.75, 3.05) is 0 Å². The Labute approximate surface area is 162 Å². The maximum Gasteiger partial charge on any atom is 0.375 e. The normalized spacial score (nSPS) is 11.7. The number of nitrogens with one attached hydrogen (secondary N) is 1. The number of aryl methyl sites for hydroxylation is 1. The summed E-state index contributed by atoms with van der Waals surface area (Å²) in [5, 5.41) is 2.73. The summed E-state index contributed by atoms with van der Waals surface area (Å²) in [6.45, 7) is 3.82. The van der Waals surface area contributed by atoms with Crippen molar-refractivity contribution in [3.05, 3.63) is 83.4 Å². The van der Waals surface area contributed by atoms with Crippen molar-refractivity contribution in [3.8, 4) is 11.3 Å². The highest BCUT2D eigenvalue weighted by Crippen LogP contribution is 2.23. The van der Waals surface area contributed by atoms with Crippen LogP contribution in [0.2, 0.25) is 0 Å². The molecule has 1 atom stereocenters. The third-order valence-corrected chi connectivity index (χ3v) is 4.18. The van der Waals surface area contributed by atoms with Gasteiger partial charge < -0.3 is 14.5 Å². The first-order valence-corrected chi connectivity index (χ1v) is 8.82. The molecule has 0 bridgehead atoms. The maximum absolute atomic E-state index is 13.0. The summed E-state index contributed by atoms with van der Waals surface area (Å²) in [5.41, 5.74) is 2.72. The third kappa shape index (κ3) is 4.85. The van der Waals surface area contributed by atoms with Gasteiger partial charge in [0.15, 0.2) is 6.10 Å². The second-order valence-electron chi connectivity index (χ2n) is 6.42. The van der Waals surface area contributed by atoms with Crippen molar-refractivity contribution in [3.63, 3.8) is 0 Å². The van der Waals surface area contributed by atoms with Gasteiger partial charge in [-0.1, -0.05) is 29.8 Å². The summed E-state index contributed by atoms with van der Waals surface area (Å²) in [7, 11) is 0. The standard InChI is InChI=1S/C22H20FNO4/c1-14-3-5-16(6-4-14)13-24-21(25)15(2)27-22(26)20-12-11-19(28-20)17-7-9-18(23)10-8-17/h3-12,15H,13H2,1-2H3,(H,24,25)/t15-/m1/s1. The van der Waals surface area contributed by atoms with E-state index in [1.165, 1.54) is 25.1 Å². The van der Waals surface area contributed by atoms with Crippen LogP contribution < -0.4 is 5.32 Å². The minimum atomic E-state index is -0.975. The minimum Gasteiger partial charge on any atom is -0.449 e. The van der Waals surface area contributed by atoms with Crippen LogP contribution in [-0.2, 0) is 16.1 Å². The molecule has 1 aromatic heterocycles. The van der Waals surface area contributed by atoms with Crippen LogP contribution in [-0.4, -0.2) is 18.0 Å². The summed E-state index contributed by atoms with van der Waals surface area (Å²) in [4.78, 5) is 24.4. The molecule has 1 amide bonds. The lowest BCUT2D eigenvalue weighted by Crippen LogP contribution is -2.35. The van der Waals surface area contributed by atoms with Crippen LogP contribution in [0.15, 0.2) is 65.1 Å². The van der Waals surface area contributed by atoms with E-state index >= 15 is 0 Å². The number of carbonyl (C=O) groups excluding carboxylic acids is 2. The van der Waals surface area contributed by atoms with Gasteiger partial charge in [0, 0.05) is 12.1 Å². The maximum atomic E-state index is 13.0. The van der Waals surface area contributed by atoms with E-state index in [4.69, 9.17) is 9.15 Å². The van der Waals surface area contributed by atoms with Gasteiger partial charge in [-0.15, -0.1) is 0 Å². The third-order valence-electron chi connectivity index (χ3n) is 4.18. The molecule has 0 saturated carbocycles. The fourth-order valence-electron chi connectivity index (χ4n) is 2.53. The Morgan fingerprint density at radius 3 is 2.39 bits per heavy atom. The predicted octanol–water partition coefficient (Wildman–Crippen LogP) is 4.26. The van der Waals surface area contributed by atoms with Crippen LogP contribution in [0.5, 0.6) is 0 Å². The number of esters is 1. The van der Waals surface area contributed by atoms with E-state index < -0.39 is 18.0 Å². The van der Waals surface area contributed by atoms with E-state index in [0.29, 0.717) is 17.9 Å². The quantitative estimate of drug-likeness (QED) is 0.648. The van der Waals surface area contributed by atoms with Gasteiger partial charge in [-0.2, -0.15) is 0 Å². The van der Waals surface area contributed by atoms with Crippen molar-refractivity contribution >= 4 is 11.9 Å². The van der Waals surface area contributed by atoms with Gasteiger partial charge in [-0.3, -0.25) is 4.79 Å². The van der Waals surface area contributed by atoms with Crippen molar-refractivity contribution in [1.29, 1.82) is 0 Å². The average Bonchev–Trinajstić information content (AvgIpc) is 3.18. The Hall–Kier alpha value is -3.41. The SMILES string of the molecule is Cc1ccc(CNC(=O)[C@@H](C)OC(=O)c2ccc(-c3ccc(F)cc3)o2)cc1. The van der Waals surface area contributed by atoms with Gasteiger partial charge in [0.05, 0.1) is 0 Å². The summed E-state index contributed by atoms with van der Waals surface area (Å²) >= 11 is 0. The number of hydrogen-bond acceptors (Lipinski definition) is 4. The molecular weight excluding hydrogens is 361 g/mol.